The predicted molar refractivity (Wildman–Crippen MR) is 139 cm³/mol. The van der Waals surface area contributed by atoms with Crippen molar-refractivity contribution in [3.05, 3.63) is 83.9 Å². The highest BCUT2D eigenvalue weighted by Crippen LogP contribution is 2.39. The lowest BCUT2D eigenvalue weighted by atomic mass is 9.88. The van der Waals surface area contributed by atoms with E-state index >= 15 is 0 Å². The molecule has 1 heterocycles. The minimum Gasteiger partial charge on any atom is -0.493 e. The molecule has 4 rings (SSSR count). The summed E-state index contributed by atoms with van der Waals surface area (Å²) in [4.78, 5) is 7.17. The average Bonchev–Trinajstić information content (AvgIpc) is 2.81. The Balaban J connectivity index is 1.51. The number of anilines is 1. The summed E-state index contributed by atoms with van der Waals surface area (Å²) in [6.45, 7) is 10.0. The van der Waals surface area contributed by atoms with Crippen LogP contribution in [-0.4, -0.2) is 25.4 Å². The molecule has 0 radical (unpaired) electrons. The van der Waals surface area contributed by atoms with E-state index in [2.05, 4.69) is 61.9 Å². The molecule has 0 fully saturated rings. The summed E-state index contributed by atoms with van der Waals surface area (Å²) >= 11 is 0. The third kappa shape index (κ3) is 4.95. The normalized spacial score (nSPS) is 14.7. The van der Waals surface area contributed by atoms with E-state index in [-0.39, 0.29) is 5.54 Å². The standard InChI is InChI=1S/C29H32N2O2/c1-6-17-31-26-16-11-22(18-25(26)21(2)19-29(31,3)4)20-30-23-12-14-24(15-13-23)33-28-10-8-7-9-27(28)32-5/h7-16,18-20H,6,17H2,1-5H3. The molecule has 0 unspecified atom stereocenters. The van der Waals surface area contributed by atoms with Crippen LogP contribution in [-0.2, 0) is 0 Å². The fourth-order valence-corrected chi connectivity index (χ4v) is 4.39. The van der Waals surface area contributed by atoms with Gasteiger partial charge in [-0.3, -0.25) is 4.99 Å². The maximum absolute atomic E-state index is 5.95. The molecule has 3 aromatic rings. The van der Waals surface area contributed by atoms with Crippen molar-refractivity contribution >= 4 is 23.2 Å². The van der Waals surface area contributed by atoms with Gasteiger partial charge in [0.15, 0.2) is 11.5 Å². The van der Waals surface area contributed by atoms with Gasteiger partial charge in [0.2, 0.25) is 0 Å². The monoisotopic (exact) mass is 440 g/mol. The van der Waals surface area contributed by atoms with Gasteiger partial charge in [-0.1, -0.05) is 31.2 Å². The van der Waals surface area contributed by atoms with Crippen molar-refractivity contribution in [2.24, 2.45) is 4.99 Å². The molecule has 0 saturated heterocycles. The van der Waals surface area contributed by atoms with Crippen molar-refractivity contribution in [3.63, 3.8) is 0 Å². The predicted octanol–water partition coefficient (Wildman–Crippen LogP) is 7.65. The number of para-hydroxylation sites is 2. The summed E-state index contributed by atoms with van der Waals surface area (Å²) in [5.41, 5.74) is 5.89. The molecular weight excluding hydrogens is 408 g/mol. The minimum absolute atomic E-state index is 0.0241. The SMILES string of the molecule is CCCN1c2ccc(C=Nc3ccc(Oc4ccccc4OC)cc3)cc2C(C)=CC1(C)C. The third-order valence-electron chi connectivity index (χ3n) is 5.95. The van der Waals surface area contributed by atoms with Crippen LogP contribution in [0.5, 0.6) is 17.2 Å². The Labute approximate surface area is 197 Å². The quantitative estimate of drug-likeness (QED) is 0.354. The summed E-state index contributed by atoms with van der Waals surface area (Å²) in [5.74, 6) is 2.14. The number of aliphatic imine (C=N–C) groups is 1. The van der Waals surface area contributed by atoms with Crippen LogP contribution in [0.15, 0.2) is 77.8 Å². The van der Waals surface area contributed by atoms with Crippen LogP contribution in [0.25, 0.3) is 5.57 Å². The van der Waals surface area contributed by atoms with Crippen LogP contribution in [0.1, 0.15) is 45.2 Å². The molecule has 4 heteroatoms. The number of ether oxygens (including phenoxy) is 2. The second-order valence-electron chi connectivity index (χ2n) is 8.91. The van der Waals surface area contributed by atoms with Crippen LogP contribution < -0.4 is 14.4 Å². The van der Waals surface area contributed by atoms with Crippen LogP contribution in [0, 0.1) is 0 Å². The molecule has 4 nitrogen and oxygen atoms in total. The van der Waals surface area contributed by atoms with Gasteiger partial charge in [-0.2, -0.15) is 0 Å². The number of fused-ring (bicyclic) bond motifs is 1. The van der Waals surface area contributed by atoms with Gasteiger partial charge in [0, 0.05) is 24.0 Å². The summed E-state index contributed by atoms with van der Waals surface area (Å²) in [7, 11) is 1.64. The molecule has 1 aliphatic rings. The Bertz CT molecular complexity index is 1180. The van der Waals surface area contributed by atoms with E-state index in [0.717, 1.165) is 30.0 Å². The first-order valence-corrected chi connectivity index (χ1v) is 11.5. The van der Waals surface area contributed by atoms with Gasteiger partial charge >= 0.3 is 0 Å². The first-order chi connectivity index (χ1) is 15.9. The summed E-state index contributed by atoms with van der Waals surface area (Å²) in [5, 5.41) is 0. The molecule has 0 aliphatic carbocycles. The maximum atomic E-state index is 5.95. The van der Waals surface area contributed by atoms with E-state index < -0.39 is 0 Å². The van der Waals surface area contributed by atoms with Crippen molar-refractivity contribution in [3.8, 4) is 17.2 Å². The number of allylic oxidation sites excluding steroid dienone is 1. The fraction of sp³-hybridized carbons (Fsp3) is 0.276. The molecule has 3 aromatic carbocycles. The number of rotatable bonds is 7. The van der Waals surface area contributed by atoms with E-state index in [1.165, 1.54) is 16.8 Å². The van der Waals surface area contributed by atoms with Crippen molar-refractivity contribution < 1.29 is 9.47 Å². The lowest BCUT2D eigenvalue weighted by Gasteiger charge is -2.43. The smallest absolute Gasteiger partial charge is 0.169 e. The maximum Gasteiger partial charge on any atom is 0.169 e. The van der Waals surface area contributed by atoms with E-state index in [9.17, 15) is 0 Å². The molecular formula is C29H32N2O2. The van der Waals surface area contributed by atoms with Crippen LogP contribution in [0.4, 0.5) is 11.4 Å². The molecule has 0 atom stereocenters. The van der Waals surface area contributed by atoms with Gasteiger partial charge in [-0.25, -0.2) is 0 Å². The molecule has 1 aliphatic heterocycles. The van der Waals surface area contributed by atoms with Crippen molar-refractivity contribution in [2.75, 3.05) is 18.6 Å². The van der Waals surface area contributed by atoms with E-state index in [4.69, 9.17) is 9.47 Å². The van der Waals surface area contributed by atoms with Gasteiger partial charge < -0.3 is 14.4 Å². The summed E-state index contributed by atoms with van der Waals surface area (Å²) in [6.07, 6.45) is 5.41. The van der Waals surface area contributed by atoms with E-state index in [0.29, 0.717) is 11.5 Å². The lowest BCUT2D eigenvalue weighted by Crippen LogP contribution is -2.45. The third-order valence-corrected chi connectivity index (χ3v) is 5.95. The minimum atomic E-state index is 0.0241. The number of benzene rings is 3. The van der Waals surface area contributed by atoms with Gasteiger partial charge in [0.25, 0.3) is 0 Å². The molecule has 0 aromatic heterocycles. The number of methoxy groups -OCH3 is 1. The van der Waals surface area contributed by atoms with Crippen LogP contribution in [0.3, 0.4) is 0 Å². The zero-order valence-corrected chi connectivity index (χ0v) is 20.1. The zero-order chi connectivity index (χ0) is 23.4. The highest BCUT2D eigenvalue weighted by molar-refractivity contribution is 5.88. The van der Waals surface area contributed by atoms with E-state index in [1.807, 2.05) is 54.7 Å². The Morgan fingerprint density at radius 1 is 0.970 bits per heavy atom. The van der Waals surface area contributed by atoms with Gasteiger partial charge in [-0.15, -0.1) is 0 Å². The number of hydrogen-bond donors (Lipinski definition) is 0. The summed E-state index contributed by atoms with van der Waals surface area (Å²) in [6, 6.07) is 22.0. The lowest BCUT2D eigenvalue weighted by molar-refractivity contribution is 0.379. The highest BCUT2D eigenvalue weighted by atomic mass is 16.5. The van der Waals surface area contributed by atoms with Gasteiger partial charge in [0.1, 0.15) is 5.75 Å². The largest absolute Gasteiger partial charge is 0.493 e. The molecule has 0 amide bonds. The average molecular weight is 441 g/mol. The highest BCUT2D eigenvalue weighted by Gasteiger charge is 2.30. The molecule has 0 N–H and O–H groups in total. The summed E-state index contributed by atoms with van der Waals surface area (Å²) < 4.78 is 11.3. The topological polar surface area (TPSA) is 34.1 Å². The van der Waals surface area contributed by atoms with Crippen molar-refractivity contribution in [2.45, 2.75) is 39.7 Å². The first kappa shape index (κ1) is 22.7. The van der Waals surface area contributed by atoms with Crippen LogP contribution >= 0.6 is 0 Å². The molecule has 33 heavy (non-hydrogen) atoms. The van der Waals surface area contributed by atoms with Crippen molar-refractivity contribution in [1.29, 1.82) is 0 Å². The zero-order valence-electron chi connectivity index (χ0n) is 20.1. The second kappa shape index (κ2) is 9.53. The van der Waals surface area contributed by atoms with Gasteiger partial charge in [-0.05, 0) is 86.9 Å². The van der Waals surface area contributed by atoms with Gasteiger partial charge in [0.05, 0.1) is 18.3 Å². The molecule has 0 bridgehead atoms. The van der Waals surface area contributed by atoms with Crippen LogP contribution in [0.2, 0.25) is 0 Å². The van der Waals surface area contributed by atoms with E-state index in [1.54, 1.807) is 7.11 Å². The first-order valence-electron chi connectivity index (χ1n) is 11.5. The Kier molecular flexibility index (Phi) is 6.55. The molecule has 170 valence electrons. The molecule has 0 spiro atoms. The molecule has 0 saturated carbocycles. The number of nitrogens with zero attached hydrogens (tertiary/aromatic N) is 2. The Morgan fingerprint density at radius 3 is 2.39 bits per heavy atom. The van der Waals surface area contributed by atoms with Crippen molar-refractivity contribution in [1.82, 2.24) is 0 Å². The number of hydrogen-bond acceptors (Lipinski definition) is 4. The Hall–Kier alpha value is -3.53. The fourth-order valence-electron chi connectivity index (χ4n) is 4.39. The Morgan fingerprint density at radius 2 is 1.70 bits per heavy atom. The second-order valence-corrected chi connectivity index (χ2v) is 8.91.